The second-order valence-electron chi connectivity index (χ2n) is 5.69. The molecule has 3 atom stereocenters. The van der Waals surface area contributed by atoms with Crippen LogP contribution in [-0.2, 0) is 0 Å². The number of ether oxygens (including phenoxy) is 1. The molecule has 0 radical (unpaired) electrons. The number of nitro groups is 1. The third kappa shape index (κ3) is 4.15. The molecule has 0 spiro atoms. The number of β-amino-alcohol motifs (C(OH)–C–C–N with tert-alkyl or cyclic N) is 1. The van der Waals surface area contributed by atoms with E-state index in [1.54, 1.807) is 12.1 Å². The molecule has 21 heavy (non-hydrogen) atoms. The molecule has 0 bridgehead atoms. The fraction of sp³-hybridized carbons (Fsp3) is 0.600. The Hall–Kier alpha value is -1.66. The van der Waals surface area contributed by atoms with Crippen LogP contribution < -0.4 is 4.74 Å². The number of hydrogen-bond donors (Lipinski definition) is 1. The van der Waals surface area contributed by atoms with Crippen molar-refractivity contribution in [1.29, 1.82) is 0 Å². The van der Waals surface area contributed by atoms with Crippen LogP contribution in [0.5, 0.6) is 5.75 Å². The van der Waals surface area contributed by atoms with E-state index < -0.39 is 11.0 Å². The summed E-state index contributed by atoms with van der Waals surface area (Å²) in [6.07, 6.45) is 1.70. The van der Waals surface area contributed by atoms with Crippen LogP contribution in [0.15, 0.2) is 24.3 Å². The molecule has 6 nitrogen and oxygen atoms in total. The fourth-order valence-corrected chi connectivity index (χ4v) is 2.78. The Morgan fingerprint density at radius 2 is 2.10 bits per heavy atom. The van der Waals surface area contributed by atoms with E-state index in [2.05, 4.69) is 18.7 Å². The van der Waals surface area contributed by atoms with Crippen LogP contribution in [0, 0.1) is 10.1 Å². The van der Waals surface area contributed by atoms with Crippen molar-refractivity contribution in [2.24, 2.45) is 0 Å². The van der Waals surface area contributed by atoms with Gasteiger partial charge in [0.05, 0.1) is 11.0 Å². The number of nitro benzene ring substituents is 1. The van der Waals surface area contributed by atoms with E-state index in [0.717, 1.165) is 12.8 Å². The first-order chi connectivity index (χ1) is 9.97. The Morgan fingerprint density at radius 1 is 1.43 bits per heavy atom. The number of non-ortho nitro benzene ring substituents is 1. The third-order valence-corrected chi connectivity index (χ3v) is 4.03. The van der Waals surface area contributed by atoms with Crippen molar-refractivity contribution in [1.82, 2.24) is 4.90 Å². The zero-order chi connectivity index (χ0) is 15.4. The molecule has 1 aromatic rings. The van der Waals surface area contributed by atoms with Crippen LogP contribution in [0.3, 0.4) is 0 Å². The Balaban J connectivity index is 1.85. The van der Waals surface area contributed by atoms with Gasteiger partial charge in [0.1, 0.15) is 18.5 Å². The van der Waals surface area contributed by atoms with E-state index in [0.29, 0.717) is 24.4 Å². The minimum atomic E-state index is -0.604. The van der Waals surface area contributed by atoms with Crippen LogP contribution in [0.4, 0.5) is 5.69 Å². The van der Waals surface area contributed by atoms with Gasteiger partial charge in [-0.3, -0.25) is 15.0 Å². The third-order valence-electron chi connectivity index (χ3n) is 4.03. The van der Waals surface area contributed by atoms with Gasteiger partial charge in [-0.05, 0) is 32.8 Å². The highest BCUT2D eigenvalue weighted by Crippen LogP contribution is 2.24. The minimum absolute atomic E-state index is 0.0104. The van der Waals surface area contributed by atoms with Gasteiger partial charge in [0, 0.05) is 24.7 Å². The number of benzene rings is 1. The van der Waals surface area contributed by atoms with E-state index in [1.165, 1.54) is 12.1 Å². The highest BCUT2D eigenvalue weighted by atomic mass is 16.6. The number of aliphatic hydroxyl groups excluding tert-OH is 1. The van der Waals surface area contributed by atoms with Gasteiger partial charge in [-0.2, -0.15) is 0 Å². The molecule has 1 aromatic carbocycles. The molecule has 2 rings (SSSR count). The summed E-state index contributed by atoms with van der Waals surface area (Å²) in [5.74, 6) is 0.408. The molecule has 1 saturated heterocycles. The average Bonchev–Trinajstić information content (AvgIpc) is 2.77. The van der Waals surface area contributed by atoms with Crippen molar-refractivity contribution in [2.45, 2.75) is 44.9 Å². The van der Waals surface area contributed by atoms with Crippen LogP contribution in [-0.4, -0.2) is 46.3 Å². The molecule has 0 saturated carbocycles. The number of hydrogen-bond acceptors (Lipinski definition) is 5. The predicted molar refractivity (Wildman–Crippen MR) is 79.5 cm³/mol. The Labute approximate surface area is 124 Å². The summed E-state index contributed by atoms with van der Waals surface area (Å²) >= 11 is 0. The molecule has 1 aliphatic heterocycles. The molecule has 0 amide bonds. The summed E-state index contributed by atoms with van der Waals surface area (Å²) in [5, 5.41) is 20.8. The molecule has 116 valence electrons. The van der Waals surface area contributed by atoms with Gasteiger partial charge in [0.2, 0.25) is 0 Å². The molecule has 0 aromatic heterocycles. The minimum Gasteiger partial charge on any atom is -0.491 e. The maximum atomic E-state index is 10.7. The summed E-state index contributed by atoms with van der Waals surface area (Å²) in [5.41, 5.74) is -0.0104. The van der Waals surface area contributed by atoms with Crippen LogP contribution in [0.25, 0.3) is 0 Å². The van der Waals surface area contributed by atoms with E-state index in [1.807, 2.05) is 0 Å². The number of nitrogens with zero attached hydrogens (tertiary/aromatic N) is 2. The van der Waals surface area contributed by atoms with Gasteiger partial charge in [-0.1, -0.05) is 6.07 Å². The van der Waals surface area contributed by atoms with Gasteiger partial charge in [-0.15, -0.1) is 0 Å². The van der Waals surface area contributed by atoms with Crippen LogP contribution in [0.1, 0.15) is 26.7 Å². The first-order valence-electron chi connectivity index (χ1n) is 7.28. The first kappa shape index (κ1) is 15.7. The molecule has 1 heterocycles. The maximum Gasteiger partial charge on any atom is 0.273 e. The standard InChI is InChI=1S/C15H22N2O4/c1-11-6-7-12(2)16(11)9-14(18)10-21-15-5-3-4-13(8-15)17(19)20/h3-5,8,11-12,14,18H,6-7,9-10H2,1-2H3. The second-order valence-corrected chi connectivity index (χ2v) is 5.69. The van der Waals surface area contributed by atoms with Crippen molar-refractivity contribution in [3.63, 3.8) is 0 Å². The lowest BCUT2D eigenvalue weighted by molar-refractivity contribution is -0.384. The van der Waals surface area contributed by atoms with Gasteiger partial charge < -0.3 is 9.84 Å². The molecular formula is C15H22N2O4. The molecule has 1 fully saturated rings. The van der Waals surface area contributed by atoms with E-state index >= 15 is 0 Å². The van der Waals surface area contributed by atoms with Crippen LogP contribution in [0.2, 0.25) is 0 Å². The summed E-state index contributed by atoms with van der Waals surface area (Å²) < 4.78 is 5.46. The Kier molecular flexibility index (Phi) is 5.14. The highest BCUT2D eigenvalue weighted by molar-refractivity contribution is 5.37. The lowest BCUT2D eigenvalue weighted by atomic mass is 10.2. The van der Waals surface area contributed by atoms with Gasteiger partial charge in [0.15, 0.2) is 0 Å². The summed E-state index contributed by atoms with van der Waals surface area (Å²) in [4.78, 5) is 12.5. The number of rotatable bonds is 6. The van der Waals surface area contributed by atoms with E-state index in [-0.39, 0.29) is 12.3 Å². The van der Waals surface area contributed by atoms with Crippen molar-refractivity contribution in [3.05, 3.63) is 34.4 Å². The Morgan fingerprint density at radius 3 is 2.71 bits per heavy atom. The van der Waals surface area contributed by atoms with Crippen LogP contribution >= 0.6 is 0 Å². The monoisotopic (exact) mass is 294 g/mol. The summed E-state index contributed by atoms with van der Waals surface area (Å²) in [6, 6.07) is 6.97. The quantitative estimate of drug-likeness (QED) is 0.643. The average molecular weight is 294 g/mol. The Bertz CT molecular complexity index is 484. The predicted octanol–water partition coefficient (Wildman–Crippen LogP) is 2.21. The largest absolute Gasteiger partial charge is 0.491 e. The SMILES string of the molecule is CC1CCC(C)N1CC(O)COc1cccc([N+](=O)[O-])c1. The molecule has 1 N–H and O–H groups in total. The first-order valence-corrected chi connectivity index (χ1v) is 7.28. The van der Waals surface area contributed by atoms with Crippen molar-refractivity contribution in [3.8, 4) is 5.75 Å². The van der Waals surface area contributed by atoms with Gasteiger partial charge >= 0.3 is 0 Å². The van der Waals surface area contributed by atoms with Crippen molar-refractivity contribution < 1.29 is 14.8 Å². The zero-order valence-corrected chi connectivity index (χ0v) is 12.4. The van der Waals surface area contributed by atoms with Crippen molar-refractivity contribution in [2.75, 3.05) is 13.2 Å². The smallest absolute Gasteiger partial charge is 0.273 e. The summed E-state index contributed by atoms with van der Waals surface area (Å²) in [6.45, 7) is 5.03. The lowest BCUT2D eigenvalue weighted by Gasteiger charge is -2.28. The van der Waals surface area contributed by atoms with Gasteiger partial charge in [-0.25, -0.2) is 0 Å². The maximum absolute atomic E-state index is 10.7. The number of aliphatic hydroxyl groups is 1. The lowest BCUT2D eigenvalue weighted by Crippen LogP contribution is -2.41. The molecule has 6 heteroatoms. The second kappa shape index (κ2) is 6.87. The normalized spacial score (nSPS) is 24.0. The highest BCUT2D eigenvalue weighted by Gasteiger charge is 2.28. The fourth-order valence-electron chi connectivity index (χ4n) is 2.78. The number of likely N-dealkylation sites (tertiary alicyclic amines) is 1. The molecule has 3 unspecified atom stereocenters. The van der Waals surface area contributed by atoms with E-state index in [4.69, 9.17) is 4.74 Å². The topological polar surface area (TPSA) is 75.8 Å². The summed E-state index contributed by atoms with van der Waals surface area (Å²) in [7, 11) is 0. The van der Waals surface area contributed by atoms with Gasteiger partial charge in [0.25, 0.3) is 5.69 Å². The molecule has 0 aliphatic carbocycles. The van der Waals surface area contributed by atoms with E-state index in [9.17, 15) is 15.2 Å². The van der Waals surface area contributed by atoms with Crippen molar-refractivity contribution >= 4 is 5.69 Å². The molecule has 1 aliphatic rings. The zero-order valence-electron chi connectivity index (χ0n) is 12.4. The molecular weight excluding hydrogens is 272 g/mol.